The molecule has 4 nitrogen and oxygen atoms in total. The zero-order chi connectivity index (χ0) is 19.3. The second-order valence-electron chi connectivity index (χ2n) is 7.85. The lowest BCUT2D eigenvalue weighted by molar-refractivity contribution is 0.0930. The van der Waals surface area contributed by atoms with E-state index in [0.29, 0.717) is 12.1 Å². The molecule has 1 fully saturated rings. The van der Waals surface area contributed by atoms with Gasteiger partial charge in [-0.2, -0.15) is 0 Å². The maximum atomic E-state index is 13.1. The molecule has 1 aliphatic rings. The molecule has 28 heavy (non-hydrogen) atoms. The van der Waals surface area contributed by atoms with Crippen LogP contribution in [0.25, 0.3) is 21.7 Å². The normalized spacial score (nSPS) is 15.1. The van der Waals surface area contributed by atoms with E-state index in [1.165, 1.54) is 16.3 Å². The van der Waals surface area contributed by atoms with Crippen molar-refractivity contribution in [2.75, 3.05) is 0 Å². The fourth-order valence-electron chi connectivity index (χ4n) is 4.09. The maximum Gasteiger partial charge on any atom is 0.252 e. The van der Waals surface area contributed by atoms with Crippen LogP contribution in [0.2, 0.25) is 0 Å². The maximum absolute atomic E-state index is 13.1. The first-order valence-electron chi connectivity index (χ1n) is 9.72. The van der Waals surface area contributed by atoms with E-state index in [0.717, 1.165) is 35.0 Å². The third-order valence-electron chi connectivity index (χ3n) is 5.89. The zero-order valence-electron chi connectivity index (χ0n) is 15.9. The largest absolute Gasteiger partial charge is 0.357 e. The molecule has 0 unspecified atom stereocenters. The quantitative estimate of drug-likeness (QED) is 0.495. The van der Waals surface area contributed by atoms with Crippen LogP contribution in [0.1, 0.15) is 40.0 Å². The highest BCUT2D eigenvalue weighted by atomic mass is 16.1. The molecule has 4 heteroatoms. The van der Waals surface area contributed by atoms with Crippen LogP contribution in [0, 0.1) is 6.92 Å². The van der Waals surface area contributed by atoms with Crippen LogP contribution in [-0.4, -0.2) is 10.9 Å². The van der Waals surface area contributed by atoms with E-state index in [-0.39, 0.29) is 11.4 Å². The molecule has 5 rings (SSSR count). The van der Waals surface area contributed by atoms with Gasteiger partial charge in [0.1, 0.15) is 0 Å². The number of aryl methyl sites for hydroxylation is 1. The number of amides is 1. The van der Waals surface area contributed by atoms with Crippen molar-refractivity contribution in [1.29, 1.82) is 0 Å². The Balaban J connectivity index is 1.47. The summed E-state index contributed by atoms with van der Waals surface area (Å²) in [5.41, 5.74) is 10.3. The summed E-state index contributed by atoms with van der Waals surface area (Å²) in [7, 11) is 0. The van der Waals surface area contributed by atoms with Gasteiger partial charge in [0.05, 0.1) is 5.54 Å². The van der Waals surface area contributed by atoms with E-state index in [4.69, 9.17) is 5.73 Å². The van der Waals surface area contributed by atoms with Crippen molar-refractivity contribution in [2.45, 2.75) is 31.8 Å². The predicted octanol–water partition coefficient (Wildman–Crippen LogP) is 4.51. The van der Waals surface area contributed by atoms with Gasteiger partial charge in [-0.05, 0) is 71.3 Å². The van der Waals surface area contributed by atoms with Gasteiger partial charge >= 0.3 is 0 Å². The molecule has 0 bridgehead atoms. The Hall–Kier alpha value is -3.11. The van der Waals surface area contributed by atoms with Crippen molar-refractivity contribution in [1.82, 2.24) is 10.3 Å². The molecule has 3 aromatic carbocycles. The lowest BCUT2D eigenvalue weighted by Gasteiger charge is -2.19. The number of hydrogen-bond acceptors (Lipinski definition) is 2. The Morgan fingerprint density at radius 2 is 1.82 bits per heavy atom. The third kappa shape index (κ3) is 2.77. The summed E-state index contributed by atoms with van der Waals surface area (Å²) in [6.45, 7) is 2.44. The fraction of sp³-hybridized carbons (Fsp3) is 0.208. The van der Waals surface area contributed by atoms with Gasteiger partial charge in [0.15, 0.2) is 0 Å². The molecule has 0 spiro atoms. The van der Waals surface area contributed by atoms with Crippen LogP contribution in [0.4, 0.5) is 0 Å². The molecule has 1 aliphatic carbocycles. The van der Waals surface area contributed by atoms with Crippen LogP contribution in [0.3, 0.4) is 0 Å². The number of fused-ring (bicyclic) bond motifs is 2. The van der Waals surface area contributed by atoms with Gasteiger partial charge in [0.2, 0.25) is 0 Å². The third-order valence-corrected chi connectivity index (χ3v) is 5.89. The standard InChI is InChI=1S/C24H23N3O/c1-15-10-18-12-20(14-25)26-22(18)13-21(15)23(28)27-24(8-9-24)19-7-6-16-4-2-3-5-17(16)11-19/h2-7,10-13,26H,8-9,14,25H2,1H3,(H,27,28). The summed E-state index contributed by atoms with van der Waals surface area (Å²) < 4.78 is 0. The average Bonchev–Trinajstić information content (AvgIpc) is 3.37. The first kappa shape index (κ1) is 17.0. The Morgan fingerprint density at radius 1 is 1.04 bits per heavy atom. The topological polar surface area (TPSA) is 70.9 Å². The summed E-state index contributed by atoms with van der Waals surface area (Å²) in [4.78, 5) is 16.4. The molecule has 0 aliphatic heterocycles. The highest BCUT2D eigenvalue weighted by Gasteiger charge is 2.46. The number of nitrogens with two attached hydrogens (primary N) is 1. The number of hydrogen-bond donors (Lipinski definition) is 3. The van der Waals surface area contributed by atoms with Crippen LogP contribution in [0.5, 0.6) is 0 Å². The number of aromatic amines is 1. The van der Waals surface area contributed by atoms with E-state index in [1.54, 1.807) is 0 Å². The van der Waals surface area contributed by atoms with Gasteiger partial charge in [0.25, 0.3) is 5.91 Å². The Bertz CT molecular complexity index is 1220. The van der Waals surface area contributed by atoms with Gasteiger partial charge in [-0.25, -0.2) is 0 Å². The zero-order valence-corrected chi connectivity index (χ0v) is 15.9. The van der Waals surface area contributed by atoms with E-state index in [1.807, 2.05) is 25.1 Å². The van der Waals surface area contributed by atoms with Crippen LogP contribution < -0.4 is 11.1 Å². The van der Waals surface area contributed by atoms with Crippen LogP contribution in [-0.2, 0) is 12.1 Å². The van der Waals surface area contributed by atoms with E-state index in [9.17, 15) is 4.79 Å². The molecule has 0 radical (unpaired) electrons. The summed E-state index contributed by atoms with van der Waals surface area (Å²) in [6, 6.07) is 20.9. The van der Waals surface area contributed by atoms with Gasteiger partial charge in [-0.15, -0.1) is 0 Å². The van der Waals surface area contributed by atoms with E-state index < -0.39 is 0 Å². The van der Waals surface area contributed by atoms with Crippen molar-refractivity contribution in [3.8, 4) is 0 Å². The van der Waals surface area contributed by atoms with Gasteiger partial charge < -0.3 is 16.0 Å². The molecule has 1 heterocycles. The lowest BCUT2D eigenvalue weighted by Crippen LogP contribution is -2.35. The van der Waals surface area contributed by atoms with Crippen molar-refractivity contribution >= 4 is 27.6 Å². The van der Waals surface area contributed by atoms with Crippen molar-refractivity contribution < 1.29 is 4.79 Å². The monoisotopic (exact) mass is 369 g/mol. The lowest BCUT2D eigenvalue weighted by atomic mass is 9.99. The minimum atomic E-state index is -0.249. The van der Waals surface area contributed by atoms with Crippen molar-refractivity contribution in [2.24, 2.45) is 5.73 Å². The number of nitrogens with one attached hydrogen (secondary N) is 2. The number of rotatable bonds is 4. The first-order valence-corrected chi connectivity index (χ1v) is 9.72. The SMILES string of the molecule is Cc1cc2cc(CN)[nH]c2cc1C(=O)NC1(c2ccc3ccccc3c2)CC1. The molecular formula is C24H23N3O. The Kier molecular flexibility index (Phi) is 3.78. The minimum Gasteiger partial charge on any atom is -0.357 e. The molecule has 1 amide bonds. The molecule has 4 N–H and O–H groups in total. The number of carbonyl (C=O) groups excluding carboxylic acids is 1. The molecule has 0 atom stereocenters. The second kappa shape index (κ2) is 6.21. The molecule has 4 aromatic rings. The first-order chi connectivity index (χ1) is 13.6. The summed E-state index contributed by atoms with van der Waals surface area (Å²) in [5, 5.41) is 6.83. The van der Waals surface area contributed by atoms with Crippen LogP contribution in [0.15, 0.2) is 60.7 Å². The minimum absolute atomic E-state index is 0.0195. The summed E-state index contributed by atoms with van der Waals surface area (Å²) >= 11 is 0. The number of carbonyl (C=O) groups is 1. The molecule has 0 saturated heterocycles. The molecular weight excluding hydrogens is 346 g/mol. The Labute approximate surface area is 163 Å². The van der Waals surface area contributed by atoms with Crippen molar-refractivity contribution in [3.63, 3.8) is 0 Å². The molecule has 140 valence electrons. The number of benzene rings is 3. The summed E-state index contributed by atoms with van der Waals surface area (Å²) in [6.07, 6.45) is 1.94. The Morgan fingerprint density at radius 3 is 2.57 bits per heavy atom. The summed E-state index contributed by atoms with van der Waals surface area (Å²) in [5.74, 6) is -0.0195. The molecule has 1 aromatic heterocycles. The van der Waals surface area contributed by atoms with E-state index >= 15 is 0 Å². The van der Waals surface area contributed by atoms with Gasteiger partial charge in [0, 0.05) is 23.3 Å². The highest BCUT2D eigenvalue weighted by Crippen LogP contribution is 2.46. The fourth-order valence-corrected chi connectivity index (χ4v) is 4.09. The predicted molar refractivity (Wildman–Crippen MR) is 113 cm³/mol. The van der Waals surface area contributed by atoms with Crippen LogP contribution >= 0.6 is 0 Å². The number of H-pyrrole nitrogens is 1. The van der Waals surface area contributed by atoms with E-state index in [2.05, 4.69) is 52.8 Å². The second-order valence-corrected chi connectivity index (χ2v) is 7.85. The average molecular weight is 369 g/mol. The molecule has 1 saturated carbocycles. The van der Waals surface area contributed by atoms with Gasteiger partial charge in [-0.1, -0.05) is 36.4 Å². The smallest absolute Gasteiger partial charge is 0.252 e. The van der Waals surface area contributed by atoms with Gasteiger partial charge in [-0.3, -0.25) is 4.79 Å². The number of aromatic nitrogens is 1. The van der Waals surface area contributed by atoms with Crippen molar-refractivity contribution in [3.05, 3.63) is 83.0 Å². The highest BCUT2D eigenvalue weighted by molar-refractivity contribution is 6.00.